The van der Waals surface area contributed by atoms with E-state index in [0.29, 0.717) is 35.9 Å². The molecule has 1 aliphatic heterocycles. The van der Waals surface area contributed by atoms with Gasteiger partial charge in [0.1, 0.15) is 11.0 Å². The molecule has 1 atom stereocenters. The molecular formula is C20H30ClN5O2S. The average molecular weight is 440 g/mol. The highest BCUT2D eigenvalue weighted by Gasteiger charge is 2.33. The Labute approximate surface area is 182 Å². The maximum Gasteiger partial charge on any atom is 0.230 e. The number of nitrogens with zero attached hydrogens (tertiary/aromatic N) is 4. The molecule has 0 bridgehead atoms. The molecule has 1 aromatic heterocycles. The van der Waals surface area contributed by atoms with Gasteiger partial charge in [-0.05, 0) is 33.6 Å². The SMILES string of the molecule is CC(C)NC(=O)CSc1nc(Cl)cc(N2CCN(C(=O)C3CCCC3)C(C)C2)n1. The quantitative estimate of drug-likeness (QED) is 0.417. The van der Waals surface area contributed by atoms with Crippen molar-refractivity contribution in [2.75, 3.05) is 30.3 Å². The van der Waals surface area contributed by atoms with Crippen LogP contribution in [0.3, 0.4) is 0 Å². The van der Waals surface area contributed by atoms with Gasteiger partial charge in [0.25, 0.3) is 0 Å². The van der Waals surface area contributed by atoms with Gasteiger partial charge in [0, 0.05) is 43.7 Å². The molecule has 2 fully saturated rings. The second-order valence-electron chi connectivity index (χ2n) is 8.15. The number of piperazine rings is 1. The van der Waals surface area contributed by atoms with Crippen molar-refractivity contribution in [3.63, 3.8) is 0 Å². The fraction of sp³-hybridized carbons (Fsp3) is 0.700. The molecule has 0 radical (unpaired) electrons. The third-order valence-corrected chi connectivity index (χ3v) is 6.42. The van der Waals surface area contributed by atoms with Crippen molar-refractivity contribution in [3.05, 3.63) is 11.2 Å². The Kier molecular flexibility index (Phi) is 7.62. The average Bonchev–Trinajstić information content (AvgIpc) is 3.19. The van der Waals surface area contributed by atoms with Gasteiger partial charge in [0.05, 0.1) is 5.75 Å². The highest BCUT2D eigenvalue weighted by Crippen LogP contribution is 2.29. The zero-order valence-corrected chi connectivity index (χ0v) is 18.9. The van der Waals surface area contributed by atoms with E-state index < -0.39 is 0 Å². The zero-order valence-electron chi connectivity index (χ0n) is 17.4. The summed E-state index contributed by atoms with van der Waals surface area (Å²) in [6, 6.07) is 1.98. The number of rotatable bonds is 6. The van der Waals surface area contributed by atoms with Gasteiger partial charge < -0.3 is 15.1 Å². The summed E-state index contributed by atoms with van der Waals surface area (Å²) < 4.78 is 0. The lowest BCUT2D eigenvalue weighted by Crippen LogP contribution is -2.55. The number of carbonyl (C=O) groups excluding carboxylic acids is 2. The minimum absolute atomic E-state index is 0.0530. The van der Waals surface area contributed by atoms with E-state index in [1.807, 2.05) is 18.7 Å². The summed E-state index contributed by atoms with van der Waals surface area (Å²) in [5.41, 5.74) is 0. The topological polar surface area (TPSA) is 78.4 Å². The Bertz CT molecular complexity index is 742. The van der Waals surface area contributed by atoms with Crippen molar-refractivity contribution in [2.45, 2.75) is 63.7 Å². The number of thioether (sulfide) groups is 1. The molecule has 3 rings (SSSR count). The molecule has 2 heterocycles. The van der Waals surface area contributed by atoms with Crippen molar-refractivity contribution < 1.29 is 9.59 Å². The fourth-order valence-electron chi connectivity index (χ4n) is 4.01. The van der Waals surface area contributed by atoms with Gasteiger partial charge in [-0.2, -0.15) is 0 Å². The van der Waals surface area contributed by atoms with Crippen LogP contribution in [0.2, 0.25) is 5.15 Å². The molecule has 29 heavy (non-hydrogen) atoms. The lowest BCUT2D eigenvalue weighted by Gasteiger charge is -2.41. The number of nitrogens with one attached hydrogen (secondary N) is 1. The number of hydrogen-bond donors (Lipinski definition) is 1. The van der Waals surface area contributed by atoms with Crippen molar-refractivity contribution in [1.29, 1.82) is 0 Å². The standard InChI is InChI=1S/C20H30ClN5O2S/c1-13(2)22-18(27)12-29-20-23-16(21)10-17(24-20)25-8-9-26(14(3)11-25)19(28)15-6-4-5-7-15/h10,13-15H,4-9,11-12H2,1-3H3,(H,22,27). The van der Waals surface area contributed by atoms with E-state index in [1.54, 1.807) is 6.07 Å². The lowest BCUT2D eigenvalue weighted by molar-refractivity contribution is -0.137. The van der Waals surface area contributed by atoms with Gasteiger partial charge in [-0.1, -0.05) is 36.2 Å². The van der Waals surface area contributed by atoms with Gasteiger partial charge in [0.15, 0.2) is 5.16 Å². The van der Waals surface area contributed by atoms with Crippen LogP contribution in [0.4, 0.5) is 5.82 Å². The zero-order chi connectivity index (χ0) is 21.0. The van der Waals surface area contributed by atoms with E-state index in [9.17, 15) is 9.59 Å². The highest BCUT2D eigenvalue weighted by atomic mass is 35.5. The minimum Gasteiger partial charge on any atom is -0.353 e. The Balaban J connectivity index is 1.61. The van der Waals surface area contributed by atoms with Crippen LogP contribution in [-0.4, -0.2) is 64.2 Å². The summed E-state index contributed by atoms with van der Waals surface area (Å²) in [4.78, 5) is 37.7. The number of amides is 2. The Morgan fingerprint density at radius 3 is 2.66 bits per heavy atom. The van der Waals surface area contributed by atoms with E-state index in [2.05, 4.69) is 27.1 Å². The van der Waals surface area contributed by atoms with Gasteiger partial charge in [-0.15, -0.1) is 0 Å². The summed E-state index contributed by atoms with van der Waals surface area (Å²) in [5, 5.41) is 3.70. The summed E-state index contributed by atoms with van der Waals surface area (Å²) in [6.45, 7) is 8.06. The van der Waals surface area contributed by atoms with Crippen LogP contribution in [-0.2, 0) is 9.59 Å². The maximum absolute atomic E-state index is 12.8. The van der Waals surface area contributed by atoms with Crippen LogP contribution in [0.1, 0.15) is 46.5 Å². The number of carbonyl (C=O) groups is 2. The van der Waals surface area contributed by atoms with Crippen LogP contribution < -0.4 is 10.2 Å². The van der Waals surface area contributed by atoms with Crippen molar-refractivity contribution in [2.24, 2.45) is 5.92 Å². The predicted octanol–water partition coefficient (Wildman–Crippen LogP) is 2.97. The van der Waals surface area contributed by atoms with Crippen molar-refractivity contribution in [3.8, 4) is 0 Å². The van der Waals surface area contributed by atoms with E-state index in [1.165, 1.54) is 24.6 Å². The third-order valence-electron chi connectivity index (χ3n) is 5.38. The van der Waals surface area contributed by atoms with E-state index in [-0.39, 0.29) is 29.7 Å². The van der Waals surface area contributed by atoms with Crippen molar-refractivity contribution >= 4 is 41.0 Å². The minimum atomic E-state index is -0.0530. The first-order chi connectivity index (χ1) is 13.8. The van der Waals surface area contributed by atoms with Crippen LogP contribution >= 0.6 is 23.4 Å². The molecule has 2 aliphatic rings. The van der Waals surface area contributed by atoms with E-state index >= 15 is 0 Å². The molecule has 1 N–H and O–H groups in total. The van der Waals surface area contributed by atoms with Gasteiger partial charge in [0.2, 0.25) is 11.8 Å². The van der Waals surface area contributed by atoms with Crippen LogP contribution in [0, 0.1) is 5.92 Å². The van der Waals surface area contributed by atoms with E-state index in [0.717, 1.165) is 18.7 Å². The van der Waals surface area contributed by atoms with Crippen molar-refractivity contribution in [1.82, 2.24) is 20.2 Å². The predicted molar refractivity (Wildman–Crippen MR) is 116 cm³/mol. The molecule has 1 aliphatic carbocycles. The Morgan fingerprint density at radius 1 is 1.28 bits per heavy atom. The molecule has 1 aromatic rings. The molecule has 9 heteroatoms. The van der Waals surface area contributed by atoms with Gasteiger partial charge in [-0.25, -0.2) is 9.97 Å². The highest BCUT2D eigenvalue weighted by molar-refractivity contribution is 7.99. The number of aromatic nitrogens is 2. The summed E-state index contributed by atoms with van der Waals surface area (Å²) in [7, 11) is 0. The molecule has 1 saturated heterocycles. The molecule has 1 unspecified atom stereocenters. The molecular weight excluding hydrogens is 410 g/mol. The monoisotopic (exact) mass is 439 g/mol. The number of halogens is 1. The first-order valence-electron chi connectivity index (χ1n) is 10.4. The first-order valence-corrected chi connectivity index (χ1v) is 11.7. The molecule has 0 aromatic carbocycles. The second kappa shape index (κ2) is 9.98. The summed E-state index contributed by atoms with van der Waals surface area (Å²) in [6.07, 6.45) is 4.39. The van der Waals surface area contributed by atoms with Gasteiger partial charge in [-0.3, -0.25) is 9.59 Å². The maximum atomic E-state index is 12.8. The third kappa shape index (κ3) is 5.98. The summed E-state index contributed by atoms with van der Waals surface area (Å²) >= 11 is 7.49. The number of anilines is 1. The fourth-order valence-corrected chi connectivity index (χ4v) is 4.90. The van der Waals surface area contributed by atoms with Gasteiger partial charge >= 0.3 is 0 Å². The molecule has 0 spiro atoms. The molecule has 1 saturated carbocycles. The largest absolute Gasteiger partial charge is 0.353 e. The summed E-state index contributed by atoms with van der Waals surface area (Å²) in [5.74, 6) is 1.46. The normalized spacial score (nSPS) is 20.4. The first kappa shape index (κ1) is 22.2. The smallest absolute Gasteiger partial charge is 0.230 e. The van der Waals surface area contributed by atoms with Crippen LogP contribution in [0.15, 0.2) is 11.2 Å². The number of hydrogen-bond acceptors (Lipinski definition) is 6. The van der Waals surface area contributed by atoms with Crippen LogP contribution in [0.5, 0.6) is 0 Å². The molecule has 160 valence electrons. The van der Waals surface area contributed by atoms with E-state index in [4.69, 9.17) is 11.6 Å². The molecule has 2 amide bonds. The van der Waals surface area contributed by atoms with Crippen LogP contribution in [0.25, 0.3) is 0 Å². The Morgan fingerprint density at radius 2 is 2.00 bits per heavy atom. The molecule has 7 nitrogen and oxygen atoms in total. The lowest BCUT2D eigenvalue weighted by atomic mass is 10.0. The Hall–Kier alpha value is -1.54. The second-order valence-corrected chi connectivity index (χ2v) is 9.48.